The first-order valence-corrected chi connectivity index (χ1v) is 11.5. The number of guanidine groups is 1. The molecule has 15 heteroatoms. The molecule has 202 valence electrons. The monoisotopic (exact) mass is 511 g/mol. The van der Waals surface area contributed by atoms with Gasteiger partial charge in [0.15, 0.2) is 5.96 Å². The SMILES string of the molecule is CCC(C)C(NC(=O)C(CO)NC(=O)C(CCCN=C(N)N)NC(=O)C(N)Cc1cnc[nH]1)C(=O)O. The van der Waals surface area contributed by atoms with Gasteiger partial charge in [-0.3, -0.25) is 19.4 Å². The molecule has 0 radical (unpaired) electrons. The van der Waals surface area contributed by atoms with Crippen LogP contribution in [-0.2, 0) is 25.6 Å². The second-order valence-electron chi connectivity index (χ2n) is 8.35. The Morgan fingerprint density at radius 3 is 2.28 bits per heavy atom. The first-order chi connectivity index (χ1) is 17.0. The van der Waals surface area contributed by atoms with Crippen LogP contribution in [0.15, 0.2) is 17.5 Å². The Morgan fingerprint density at radius 1 is 1.11 bits per heavy atom. The minimum absolute atomic E-state index is 0.0928. The van der Waals surface area contributed by atoms with E-state index in [0.717, 1.165) is 0 Å². The molecule has 0 aliphatic carbocycles. The molecule has 0 spiro atoms. The second-order valence-corrected chi connectivity index (χ2v) is 8.35. The molecule has 0 saturated carbocycles. The van der Waals surface area contributed by atoms with Crippen molar-refractivity contribution in [1.29, 1.82) is 0 Å². The number of nitrogens with one attached hydrogen (secondary N) is 4. The molecule has 12 N–H and O–H groups in total. The molecule has 36 heavy (non-hydrogen) atoms. The molecular formula is C21H37N9O6. The van der Waals surface area contributed by atoms with Gasteiger partial charge in [-0.25, -0.2) is 9.78 Å². The molecule has 0 aliphatic rings. The predicted octanol–water partition coefficient (Wildman–Crippen LogP) is -3.09. The van der Waals surface area contributed by atoms with Crippen molar-refractivity contribution in [3.05, 3.63) is 18.2 Å². The van der Waals surface area contributed by atoms with Gasteiger partial charge in [0.25, 0.3) is 0 Å². The number of aliphatic carboxylic acids is 1. The number of aliphatic imine (C=N–C) groups is 1. The smallest absolute Gasteiger partial charge is 0.326 e. The molecule has 1 rings (SSSR count). The van der Waals surface area contributed by atoms with Crippen molar-refractivity contribution in [2.45, 2.75) is 63.7 Å². The highest BCUT2D eigenvalue weighted by molar-refractivity contribution is 5.94. The van der Waals surface area contributed by atoms with Gasteiger partial charge in [0.05, 0.1) is 19.0 Å². The number of rotatable bonds is 16. The zero-order valence-corrected chi connectivity index (χ0v) is 20.4. The summed E-state index contributed by atoms with van der Waals surface area (Å²) in [7, 11) is 0. The number of H-pyrrole nitrogens is 1. The highest BCUT2D eigenvalue weighted by Crippen LogP contribution is 2.08. The van der Waals surface area contributed by atoms with Crippen LogP contribution in [0.25, 0.3) is 0 Å². The number of imidazole rings is 1. The lowest BCUT2D eigenvalue weighted by molar-refractivity contribution is -0.144. The van der Waals surface area contributed by atoms with Crippen LogP contribution in [0.2, 0.25) is 0 Å². The van der Waals surface area contributed by atoms with E-state index in [1.807, 2.05) is 0 Å². The first-order valence-electron chi connectivity index (χ1n) is 11.5. The summed E-state index contributed by atoms with van der Waals surface area (Å²) >= 11 is 0. The number of carboxylic acids is 1. The lowest BCUT2D eigenvalue weighted by atomic mass is 9.99. The van der Waals surface area contributed by atoms with Crippen molar-refractivity contribution in [3.63, 3.8) is 0 Å². The third kappa shape index (κ3) is 10.3. The number of aliphatic hydroxyl groups is 1. The molecule has 0 aliphatic heterocycles. The third-order valence-electron chi connectivity index (χ3n) is 5.50. The lowest BCUT2D eigenvalue weighted by Crippen LogP contribution is -2.58. The summed E-state index contributed by atoms with van der Waals surface area (Å²) < 4.78 is 0. The van der Waals surface area contributed by atoms with Gasteiger partial charge in [0, 0.05) is 24.9 Å². The summed E-state index contributed by atoms with van der Waals surface area (Å²) in [6.45, 7) is 2.81. The molecule has 5 atom stereocenters. The summed E-state index contributed by atoms with van der Waals surface area (Å²) in [6, 6.07) is -4.78. The Kier molecular flexibility index (Phi) is 12.9. The summed E-state index contributed by atoms with van der Waals surface area (Å²) in [5.41, 5.74) is 17.2. The van der Waals surface area contributed by atoms with E-state index in [1.165, 1.54) is 12.5 Å². The summed E-state index contributed by atoms with van der Waals surface area (Å²) in [5, 5.41) is 26.3. The maximum Gasteiger partial charge on any atom is 0.326 e. The van der Waals surface area contributed by atoms with E-state index in [1.54, 1.807) is 13.8 Å². The van der Waals surface area contributed by atoms with Crippen LogP contribution in [-0.4, -0.2) is 87.2 Å². The van der Waals surface area contributed by atoms with Crippen LogP contribution >= 0.6 is 0 Å². The number of aliphatic hydroxyl groups excluding tert-OH is 1. The minimum Gasteiger partial charge on any atom is -0.480 e. The highest BCUT2D eigenvalue weighted by atomic mass is 16.4. The number of hydrogen-bond donors (Lipinski definition) is 9. The number of nitrogens with two attached hydrogens (primary N) is 3. The van der Waals surface area contributed by atoms with Crippen LogP contribution in [0.1, 0.15) is 38.8 Å². The van der Waals surface area contributed by atoms with Gasteiger partial charge >= 0.3 is 5.97 Å². The van der Waals surface area contributed by atoms with Gasteiger partial charge in [0.2, 0.25) is 17.7 Å². The van der Waals surface area contributed by atoms with Gasteiger partial charge in [-0.2, -0.15) is 0 Å². The molecule has 3 amide bonds. The van der Waals surface area contributed by atoms with Crippen LogP contribution < -0.4 is 33.2 Å². The normalized spacial score (nSPS) is 15.0. The Morgan fingerprint density at radius 2 is 1.75 bits per heavy atom. The maximum absolute atomic E-state index is 13.0. The van der Waals surface area contributed by atoms with Crippen molar-refractivity contribution in [2.24, 2.45) is 28.1 Å². The zero-order valence-electron chi connectivity index (χ0n) is 20.4. The zero-order chi connectivity index (χ0) is 27.3. The summed E-state index contributed by atoms with van der Waals surface area (Å²) in [5.74, 6) is -4.03. The van der Waals surface area contributed by atoms with Crippen molar-refractivity contribution in [3.8, 4) is 0 Å². The van der Waals surface area contributed by atoms with E-state index >= 15 is 0 Å². The van der Waals surface area contributed by atoms with E-state index in [2.05, 4.69) is 30.9 Å². The molecule has 1 aromatic rings. The predicted molar refractivity (Wildman–Crippen MR) is 130 cm³/mol. The van der Waals surface area contributed by atoms with Crippen molar-refractivity contribution in [2.75, 3.05) is 13.2 Å². The number of amides is 3. The maximum atomic E-state index is 13.0. The fourth-order valence-corrected chi connectivity index (χ4v) is 3.18. The van der Waals surface area contributed by atoms with E-state index < -0.39 is 54.5 Å². The number of carboxylic acid groups (broad SMARTS) is 1. The molecule has 5 unspecified atom stereocenters. The average molecular weight is 512 g/mol. The molecule has 0 fully saturated rings. The molecular weight excluding hydrogens is 474 g/mol. The molecule has 15 nitrogen and oxygen atoms in total. The van der Waals surface area contributed by atoms with Crippen molar-refractivity contribution >= 4 is 29.7 Å². The number of aromatic nitrogens is 2. The van der Waals surface area contributed by atoms with Crippen molar-refractivity contribution < 1.29 is 29.4 Å². The number of carbonyl (C=O) groups is 4. The Balaban J connectivity index is 2.90. The Labute approximate surface area is 208 Å². The van der Waals surface area contributed by atoms with Crippen LogP contribution in [0.4, 0.5) is 0 Å². The van der Waals surface area contributed by atoms with E-state index in [9.17, 15) is 29.4 Å². The number of carbonyl (C=O) groups excluding carboxylic acids is 3. The summed E-state index contributed by atoms with van der Waals surface area (Å²) in [6.07, 6.45) is 3.97. The van der Waals surface area contributed by atoms with E-state index in [4.69, 9.17) is 17.2 Å². The largest absolute Gasteiger partial charge is 0.480 e. The molecule has 0 aromatic carbocycles. The van der Waals surface area contributed by atoms with Gasteiger partial charge in [-0.05, 0) is 18.8 Å². The topological polar surface area (TPSA) is 264 Å². The van der Waals surface area contributed by atoms with Gasteiger partial charge in [-0.15, -0.1) is 0 Å². The third-order valence-corrected chi connectivity index (χ3v) is 5.50. The van der Waals surface area contributed by atoms with Gasteiger partial charge in [-0.1, -0.05) is 20.3 Å². The highest BCUT2D eigenvalue weighted by Gasteiger charge is 2.31. The standard InChI is InChI=1S/C21H37N9O6/c1-3-11(2)16(20(35)36)30-19(34)15(9-31)29-18(33)14(5-4-6-26-21(23)24)28-17(32)13(22)7-12-8-25-10-27-12/h8,10-11,13-16,31H,3-7,9,22H2,1-2H3,(H,25,27)(H,28,32)(H,29,33)(H,30,34)(H,35,36)(H4,23,24,26). The Bertz CT molecular complexity index is 888. The molecule has 0 saturated heterocycles. The van der Waals surface area contributed by atoms with Gasteiger partial charge < -0.3 is 48.3 Å². The first kappa shape index (κ1) is 30.3. The van der Waals surface area contributed by atoms with Crippen LogP contribution in [0.5, 0.6) is 0 Å². The van der Waals surface area contributed by atoms with Crippen molar-refractivity contribution in [1.82, 2.24) is 25.9 Å². The summed E-state index contributed by atoms with van der Waals surface area (Å²) in [4.78, 5) is 60.2. The quantitative estimate of drug-likeness (QED) is 0.0613. The molecule has 0 bridgehead atoms. The average Bonchev–Trinajstić information content (AvgIpc) is 3.34. The number of aromatic amines is 1. The second kappa shape index (κ2) is 15.3. The molecule has 1 aromatic heterocycles. The van der Waals surface area contributed by atoms with Gasteiger partial charge in [0.1, 0.15) is 18.1 Å². The molecule has 1 heterocycles. The Hall–Kier alpha value is -3.72. The fourth-order valence-electron chi connectivity index (χ4n) is 3.18. The number of nitrogens with zero attached hydrogens (tertiary/aromatic N) is 2. The lowest BCUT2D eigenvalue weighted by Gasteiger charge is -2.25. The minimum atomic E-state index is -1.45. The fraction of sp³-hybridized carbons (Fsp3) is 0.619. The van der Waals surface area contributed by atoms with Crippen LogP contribution in [0, 0.1) is 5.92 Å². The van der Waals surface area contributed by atoms with Crippen LogP contribution in [0.3, 0.4) is 0 Å². The number of hydrogen-bond acceptors (Lipinski definition) is 8. The van der Waals surface area contributed by atoms with E-state index in [0.29, 0.717) is 18.5 Å². The van der Waals surface area contributed by atoms with E-state index in [-0.39, 0.29) is 31.3 Å².